The standard InChI is InChI=1S/C12H17N3O3/c1-14-5-7-15(8-6-14)13-12(18)9-3-2-4-10(16)11(9)17/h2-4,16-17H,5-8H2,1H3,(H,13,18). The van der Waals surface area contributed by atoms with Gasteiger partial charge in [-0.3, -0.25) is 10.2 Å². The second-order valence-electron chi connectivity index (χ2n) is 4.40. The Balaban J connectivity index is 2.01. The van der Waals surface area contributed by atoms with E-state index in [-0.39, 0.29) is 17.1 Å². The molecular weight excluding hydrogens is 234 g/mol. The number of nitrogens with zero attached hydrogens (tertiary/aromatic N) is 2. The van der Waals surface area contributed by atoms with Crippen LogP contribution in [0.4, 0.5) is 0 Å². The average molecular weight is 251 g/mol. The number of carbonyl (C=O) groups excluding carboxylic acids is 1. The number of benzene rings is 1. The van der Waals surface area contributed by atoms with Crippen LogP contribution in [0.15, 0.2) is 18.2 Å². The van der Waals surface area contributed by atoms with E-state index in [1.807, 2.05) is 12.1 Å². The van der Waals surface area contributed by atoms with Gasteiger partial charge in [0.15, 0.2) is 11.5 Å². The van der Waals surface area contributed by atoms with Crippen molar-refractivity contribution in [2.75, 3.05) is 33.2 Å². The quantitative estimate of drug-likeness (QED) is 0.645. The molecule has 1 fully saturated rings. The number of carbonyl (C=O) groups is 1. The van der Waals surface area contributed by atoms with Crippen LogP contribution in [0.1, 0.15) is 10.4 Å². The molecule has 1 aliphatic rings. The fraction of sp³-hybridized carbons (Fsp3) is 0.417. The van der Waals surface area contributed by atoms with Crippen molar-refractivity contribution >= 4 is 5.91 Å². The van der Waals surface area contributed by atoms with Crippen LogP contribution >= 0.6 is 0 Å². The highest BCUT2D eigenvalue weighted by Crippen LogP contribution is 2.27. The summed E-state index contributed by atoms with van der Waals surface area (Å²) < 4.78 is 0. The van der Waals surface area contributed by atoms with Crippen molar-refractivity contribution in [2.45, 2.75) is 0 Å². The van der Waals surface area contributed by atoms with Gasteiger partial charge < -0.3 is 15.1 Å². The third-order valence-corrected chi connectivity index (χ3v) is 3.02. The van der Waals surface area contributed by atoms with E-state index in [9.17, 15) is 15.0 Å². The first-order chi connectivity index (χ1) is 8.58. The van der Waals surface area contributed by atoms with E-state index in [4.69, 9.17) is 0 Å². The molecule has 0 spiro atoms. The zero-order valence-electron chi connectivity index (χ0n) is 10.3. The first kappa shape index (κ1) is 12.7. The molecular formula is C12H17N3O3. The maximum absolute atomic E-state index is 11.9. The molecule has 0 atom stereocenters. The summed E-state index contributed by atoms with van der Waals surface area (Å²) in [5.41, 5.74) is 2.80. The minimum Gasteiger partial charge on any atom is -0.504 e. The van der Waals surface area contributed by atoms with Gasteiger partial charge in [-0.1, -0.05) is 6.07 Å². The van der Waals surface area contributed by atoms with Crippen LogP contribution in [0.25, 0.3) is 0 Å². The molecule has 18 heavy (non-hydrogen) atoms. The van der Waals surface area contributed by atoms with E-state index in [1.165, 1.54) is 18.2 Å². The summed E-state index contributed by atoms with van der Waals surface area (Å²) in [6.45, 7) is 3.24. The molecule has 1 aromatic carbocycles. The zero-order valence-corrected chi connectivity index (χ0v) is 10.3. The minimum atomic E-state index is -0.409. The third kappa shape index (κ3) is 2.72. The Morgan fingerprint density at radius 3 is 2.56 bits per heavy atom. The number of piperazine rings is 1. The number of para-hydroxylation sites is 1. The van der Waals surface area contributed by atoms with Gasteiger partial charge in [-0.25, -0.2) is 5.01 Å². The topological polar surface area (TPSA) is 76.0 Å². The van der Waals surface area contributed by atoms with Crippen LogP contribution in [0.3, 0.4) is 0 Å². The Hall–Kier alpha value is -1.79. The third-order valence-electron chi connectivity index (χ3n) is 3.02. The van der Waals surface area contributed by atoms with Gasteiger partial charge >= 0.3 is 0 Å². The highest BCUT2D eigenvalue weighted by atomic mass is 16.3. The van der Waals surface area contributed by atoms with Gasteiger partial charge in [-0.2, -0.15) is 0 Å². The molecule has 1 amide bonds. The summed E-state index contributed by atoms with van der Waals surface area (Å²) >= 11 is 0. The lowest BCUT2D eigenvalue weighted by atomic mass is 10.2. The average Bonchev–Trinajstić information content (AvgIpc) is 2.35. The van der Waals surface area contributed by atoms with Gasteiger partial charge in [0, 0.05) is 26.2 Å². The van der Waals surface area contributed by atoms with E-state index in [2.05, 4.69) is 10.3 Å². The summed E-state index contributed by atoms with van der Waals surface area (Å²) in [7, 11) is 2.03. The van der Waals surface area contributed by atoms with Crippen molar-refractivity contribution in [3.05, 3.63) is 23.8 Å². The lowest BCUT2D eigenvalue weighted by Gasteiger charge is -2.32. The van der Waals surface area contributed by atoms with E-state index in [0.717, 1.165) is 26.2 Å². The molecule has 1 aliphatic heterocycles. The Bertz CT molecular complexity index is 442. The molecule has 0 radical (unpaired) electrons. The van der Waals surface area contributed by atoms with Crippen molar-refractivity contribution in [2.24, 2.45) is 0 Å². The van der Waals surface area contributed by atoms with Crippen LogP contribution in [-0.2, 0) is 0 Å². The molecule has 1 heterocycles. The molecule has 0 saturated carbocycles. The molecule has 98 valence electrons. The minimum absolute atomic E-state index is 0.0777. The lowest BCUT2D eigenvalue weighted by Crippen LogP contribution is -2.52. The molecule has 1 aromatic rings. The highest BCUT2D eigenvalue weighted by molar-refractivity contribution is 5.97. The van der Waals surface area contributed by atoms with E-state index < -0.39 is 5.91 Å². The van der Waals surface area contributed by atoms with Crippen LogP contribution in [-0.4, -0.2) is 59.3 Å². The second kappa shape index (κ2) is 5.24. The summed E-state index contributed by atoms with van der Waals surface area (Å²) in [5.74, 6) is -1.09. The number of nitrogens with one attached hydrogen (secondary N) is 1. The predicted octanol–water partition coefficient (Wildman–Crippen LogP) is -0.0100. The van der Waals surface area contributed by atoms with Crippen molar-refractivity contribution in [3.8, 4) is 11.5 Å². The fourth-order valence-electron chi connectivity index (χ4n) is 1.84. The Morgan fingerprint density at radius 2 is 1.89 bits per heavy atom. The normalized spacial score (nSPS) is 17.6. The van der Waals surface area contributed by atoms with Crippen molar-refractivity contribution in [3.63, 3.8) is 0 Å². The number of phenols is 2. The number of hydrazine groups is 1. The van der Waals surface area contributed by atoms with Gasteiger partial charge in [-0.15, -0.1) is 0 Å². The Kier molecular flexibility index (Phi) is 3.69. The number of phenolic OH excluding ortho intramolecular Hbond substituents is 2. The van der Waals surface area contributed by atoms with E-state index >= 15 is 0 Å². The number of amides is 1. The van der Waals surface area contributed by atoms with Crippen LogP contribution < -0.4 is 5.43 Å². The summed E-state index contributed by atoms with van der Waals surface area (Å²) in [6, 6.07) is 4.33. The number of hydrogen-bond donors (Lipinski definition) is 3. The van der Waals surface area contributed by atoms with Crippen LogP contribution in [0, 0.1) is 0 Å². The molecule has 0 unspecified atom stereocenters. The molecule has 6 nitrogen and oxygen atoms in total. The van der Waals surface area contributed by atoms with Gasteiger partial charge in [0.2, 0.25) is 0 Å². The Morgan fingerprint density at radius 1 is 1.22 bits per heavy atom. The molecule has 1 saturated heterocycles. The van der Waals surface area contributed by atoms with Crippen molar-refractivity contribution in [1.82, 2.24) is 15.3 Å². The second-order valence-corrected chi connectivity index (χ2v) is 4.40. The van der Waals surface area contributed by atoms with Gasteiger partial charge in [-0.05, 0) is 19.2 Å². The maximum Gasteiger partial charge on any atom is 0.269 e. The highest BCUT2D eigenvalue weighted by Gasteiger charge is 2.19. The summed E-state index contributed by atoms with van der Waals surface area (Å²) in [4.78, 5) is 14.1. The molecule has 2 rings (SSSR count). The first-order valence-corrected chi connectivity index (χ1v) is 5.83. The summed E-state index contributed by atoms with van der Waals surface area (Å²) in [5, 5.41) is 20.8. The van der Waals surface area contributed by atoms with Gasteiger partial charge in [0.25, 0.3) is 5.91 Å². The fourth-order valence-corrected chi connectivity index (χ4v) is 1.84. The van der Waals surface area contributed by atoms with Crippen LogP contribution in [0.2, 0.25) is 0 Å². The van der Waals surface area contributed by atoms with Crippen LogP contribution in [0.5, 0.6) is 11.5 Å². The molecule has 0 aliphatic carbocycles. The molecule has 0 aromatic heterocycles. The monoisotopic (exact) mass is 251 g/mol. The van der Waals surface area contributed by atoms with Gasteiger partial charge in [0.05, 0.1) is 5.56 Å². The molecule has 3 N–H and O–H groups in total. The lowest BCUT2D eigenvalue weighted by molar-refractivity contribution is 0.0659. The first-order valence-electron chi connectivity index (χ1n) is 5.83. The number of rotatable bonds is 2. The molecule has 6 heteroatoms. The van der Waals surface area contributed by atoms with Crippen molar-refractivity contribution < 1.29 is 15.0 Å². The number of likely N-dealkylation sites (N-methyl/N-ethyl adjacent to an activating group) is 1. The van der Waals surface area contributed by atoms with Gasteiger partial charge in [0.1, 0.15) is 0 Å². The summed E-state index contributed by atoms with van der Waals surface area (Å²) in [6.07, 6.45) is 0. The predicted molar refractivity (Wildman–Crippen MR) is 66.3 cm³/mol. The largest absolute Gasteiger partial charge is 0.504 e. The number of aromatic hydroxyl groups is 2. The van der Waals surface area contributed by atoms with E-state index in [1.54, 1.807) is 0 Å². The molecule has 0 bridgehead atoms. The smallest absolute Gasteiger partial charge is 0.269 e. The maximum atomic E-state index is 11.9. The zero-order chi connectivity index (χ0) is 13.1. The SMILES string of the molecule is CN1CCN(NC(=O)c2cccc(O)c2O)CC1. The van der Waals surface area contributed by atoms with Crippen molar-refractivity contribution in [1.29, 1.82) is 0 Å². The Labute approximate surface area is 105 Å². The number of hydrogen-bond acceptors (Lipinski definition) is 5. The van der Waals surface area contributed by atoms with E-state index in [0.29, 0.717) is 0 Å².